The van der Waals surface area contributed by atoms with Crippen molar-refractivity contribution < 1.29 is 9.84 Å². The lowest BCUT2D eigenvalue weighted by atomic mass is 9.64. The second-order valence-electron chi connectivity index (χ2n) is 7.41. The Hall–Kier alpha value is -1.91. The van der Waals surface area contributed by atoms with Gasteiger partial charge in [-0.15, -0.1) is 0 Å². The molecular formula is C21H26N2O2. The summed E-state index contributed by atoms with van der Waals surface area (Å²) in [5, 5.41) is 11.6. The highest BCUT2D eigenvalue weighted by Crippen LogP contribution is 2.48. The van der Waals surface area contributed by atoms with Crippen molar-refractivity contribution in [2.24, 2.45) is 11.8 Å². The lowest BCUT2D eigenvalue weighted by Gasteiger charge is -2.52. The van der Waals surface area contributed by atoms with E-state index in [1.54, 1.807) is 13.3 Å². The van der Waals surface area contributed by atoms with Gasteiger partial charge in [-0.25, -0.2) is 0 Å². The minimum atomic E-state index is -0.773. The van der Waals surface area contributed by atoms with Gasteiger partial charge in [-0.1, -0.05) is 24.6 Å². The number of fused-ring (bicyclic) bond motifs is 2. The molecule has 1 aromatic carbocycles. The first kappa shape index (κ1) is 16.6. The van der Waals surface area contributed by atoms with Gasteiger partial charge in [-0.2, -0.15) is 0 Å². The Morgan fingerprint density at radius 3 is 2.64 bits per heavy atom. The number of hydrogen-bond donors (Lipinski definition) is 1. The summed E-state index contributed by atoms with van der Waals surface area (Å²) >= 11 is 0. The predicted octanol–water partition coefficient (Wildman–Crippen LogP) is 3.21. The molecule has 1 aliphatic carbocycles. The van der Waals surface area contributed by atoms with E-state index >= 15 is 0 Å². The van der Waals surface area contributed by atoms with Gasteiger partial charge in [0, 0.05) is 37.7 Å². The van der Waals surface area contributed by atoms with Gasteiger partial charge in [0.15, 0.2) is 0 Å². The molecule has 1 saturated carbocycles. The number of methoxy groups -OCH3 is 1. The molecule has 4 rings (SSSR count). The summed E-state index contributed by atoms with van der Waals surface area (Å²) in [6, 6.07) is 14.2. The first-order valence-corrected chi connectivity index (χ1v) is 9.19. The summed E-state index contributed by atoms with van der Waals surface area (Å²) in [5.41, 5.74) is 1.34. The van der Waals surface area contributed by atoms with Gasteiger partial charge in [0.05, 0.1) is 12.8 Å². The van der Waals surface area contributed by atoms with Crippen molar-refractivity contribution in [2.75, 3.05) is 20.2 Å². The summed E-state index contributed by atoms with van der Waals surface area (Å²) < 4.78 is 5.34. The van der Waals surface area contributed by atoms with Crippen LogP contribution in [0.5, 0.6) is 5.75 Å². The highest BCUT2D eigenvalue weighted by atomic mass is 16.5. The molecular weight excluding hydrogens is 312 g/mol. The fraction of sp³-hybridized carbons (Fsp3) is 0.476. The number of nitrogens with zero attached hydrogens (tertiary/aromatic N) is 2. The number of pyridine rings is 1. The van der Waals surface area contributed by atoms with Crippen molar-refractivity contribution >= 4 is 0 Å². The van der Waals surface area contributed by atoms with E-state index in [-0.39, 0.29) is 11.8 Å². The van der Waals surface area contributed by atoms with Crippen LogP contribution in [-0.4, -0.2) is 35.2 Å². The molecule has 1 unspecified atom stereocenters. The van der Waals surface area contributed by atoms with Crippen LogP contribution in [0.4, 0.5) is 0 Å². The maximum Gasteiger partial charge on any atom is 0.119 e. The molecule has 4 heteroatoms. The molecule has 2 aliphatic rings. The first-order valence-electron chi connectivity index (χ1n) is 9.19. The lowest BCUT2D eigenvalue weighted by Crippen LogP contribution is -2.58. The summed E-state index contributed by atoms with van der Waals surface area (Å²) in [5.74, 6) is 1.40. The van der Waals surface area contributed by atoms with E-state index in [2.05, 4.69) is 22.0 Å². The van der Waals surface area contributed by atoms with Crippen LogP contribution in [0.15, 0.2) is 48.7 Å². The van der Waals surface area contributed by atoms with Crippen LogP contribution in [0.3, 0.4) is 0 Å². The van der Waals surface area contributed by atoms with Crippen molar-refractivity contribution in [1.82, 2.24) is 9.88 Å². The molecule has 1 saturated heterocycles. The number of hydrogen-bond acceptors (Lipinski definition) is 4. The fourth-order valence-corrected chi connectivity index (χ4v) is 4.72. The van der Waals surface area contributed by atoms with E-state index < -0.39 is 5.60 Å². The van der Waals surface area contributed by atoms with Crippen LogP contribution in [0, 0.1) is 11.8 Å². The van der Waals surface area contributed by atoms with Crippen molar-refractivity contribution in [3.63, 3.8) is 0 Å². The summed E-state index contributed by atoms with van der Waals surface area (Å²) in [4.78, 5) is 6.99. The Kier molecular flexibility index (Phi) is 4.48. The van der Waals surface area contributed by atoms with Gasteiger partial charge < -0.3 is 9.84 Å². The van der Waals surface area contributed by atoms with Gasteiger partial charge in [0.2, 0.25) is 0 Å². The molecule has 2 bridgehead atoms. The van der Waals surface area contributed by atoms with Crippen molar-refractivity contribution in [3.8, 4) is 5.75 Å². The molecule has 25 heavy (non-hydrogen) atoms. The van der Waals surface area contributed by atoms with Gasteiger partial charge in [-0.3, -0.25) is 9.88 Å². The van der Waals surface area contributed by atoms with Crippen molar-refractivity contribution in [2.45, 2.75) is 31.4 Å². The number of aromatic nitrogens is 1. The first-order chi connectivity index (χ1) is 12.2. The molecule has 2 heterocycles. The van der Waals surface area contributed by atoms with Gasteiger partial charge >= 0.3 is 0 Å². The third-order valence-electron chi connectivity index (χ3n) is 5.92. The maximum atomic E-state index is 11.6. The SMILES string of the molecule is COc1cccc(CN2C[C@H]3CCC[C@@H](C2)C3(O)c2ccccn2)c1. The topological polar surface area (TPSA) is 45.6 Å². The summed E-state index contributed by atoms with van der Waals surface area (Å²) in [7, 11) is 1.71. The second kappa shape index (κ2) is 6.77. The highest BCUT2D eigenvalue weighted by molar-refractivity contribution is 5.28. The van der Waals surface area contributed by atoms with E-state index in [9.17, 15) is 5.11 Å². The summed E-state index contributed by atoms with van der Waals surface area (Å²) in [6.07, 6.45) is 5.14. The van der Waals surface area contributed by atoms with Gasteiger partial charge in [0.1, 0.15) is 11.4 Å². The Morgan fingerprint density at radius 2 is 1.96 bits per heavy atom. The average Bonchev–Trinajstić information content (AvgIpc) is 2.63. The van der Waals surface area contributed by atoms with E-state index in [1.165, 1.54) is 12.0 Å². The molecule has 0 radical (unpaired) electrons. The third kappa shape index (κ3) is 3.05. The highest BCUT2D eigenvalue weighted by Gasteiger charge is 2.52. The Labute approximate surface area is 149 Å². The van der Waals surface area contributed by atoms with E-state index in [4.69, 9.17) is 4.74 Å². The molecule has 4 nitrogen and oxygen atoms in total. The fourth-order valence-electron chi connectivity index (χ4n) is 4.72. The Morgan fingerprint density at radius 1 is 1.16 bits per heavy atom. The number of likely N-dealkylation sites (tertiary alicyclic amines) is 1. The molecule has 0 amide bonds. The van der Waals surface area contributed by atoms with Crippen LogP contribution in [-0.2, 0) is 12.1 Å². The van der Waals surface area contributed by atoms with Crippen molar-refractivity contribution in [3.05, 3.63) is 59.9 Å². The van der Waals surface area contributed by atoms with Gasteiger partial charge in [-0.05, 0) is 42.7 Å². The molecule has 2 aromatic rings. The molecule has 1 aliphatic heterocycles. The number of benzene rings is 1. The zero-order valence-corrected chi connectivity index (χ0v) is 14.8. The largest absolute Gasteiger partial charge is 0.497 e. The predicted molar refractivity (Wildman–Crippen MR) is 97.2 cm³/mol. The molecule has 3 atom stereocenters. The zero-order chi connectivity index (χ0) is 17.3. The molecule has 1 N–H and O–H groups in total. The second-order valence-corrected chi connectivity index (χ2v) is 7.41. The van der Waals surface area contributed by atoms with Crippen LogP contribution >= 0.6 is 0 Å². The maximum absolute atomic E-state index is 11.6. The quantitative estimate of drug-likeness (QED) is 0.930. The van der Waals surface area contributed by atoms with Crippen LogP contribution in [0.25, 0.3) is 0 Å². The third-order valence-corrected chi connectivity index (χ3v) is 5.92. The normalized spacial score (nSPS) is 29.4. The Balaban J connectivity index is 1.55. The number of aliphatic hydroxyl groups is 1. The minimum absolute atomic E-state index is 0.250. The summed E-state index contributed by atoms with van der Waals surface area (Å²) in [6.45, 7) is 2.74. The number of ether oxygens (including phenoxy) is 1. The van der Waals surface area contributed by atoms with Crippen LogP contribution in [0.1, 0.15) is 30.5 Å². The molecule has 0 spiro atoms. The van der Waals surface area contributed by atoms with Crippen molar-refractivity contribution in [1.29, 1.82) is 0 Å². The van der Waals surface area contributed by atoms with E-state index in [0.29, 0.717) is 0 Å². The standard InChI is InChI=1S/C21H26N2O2/c1-25-19-9-4-6-16(12-19)13-23-14-17-7-5-8-18(15-23)21(17,24)20-10-2-3-11-22-20/h2-4,6,9-12,17-18,24H,5,7-8,13-15H2,1H3/t17-,18+,21?. The minimum Gasteiger partial charge on any atom is -0.497 e. The van der Waals surface area contributed by atoms with Gasteiger partial charge in [0.25, 0.3) is 0 Å². The average molecular weight is 338 g/mol. The van der Waals surface area contributed by atoms with Crippen LogP contribution in [0.2, 0.25) is 0 Å². The number of piperidine rings is 1. The number of rotatable bonds is 4. The van der Waals surface area contributed by atoms with Crippen LogP contribution < -0.4 is 4.74 Å². The smallest absolute Gasteiger partial charge is 0.119 e. The monoisotopic (exact) mass is 338 g/mol. The van der Waals surface area contributed by atoms with E-state index in [0.717, 1.165) is 43.9 Å². The Bertz CT molecular complexity index is 705. The van der Waals surface area contributed by atoms with E-state index in [1.807, 2.05) is 30.3 Å². The lowest BCUT2D eigenvalue weighted by molar-refractivity contribution is -0.151. The molecule has 2 fully saturated rings. The molecule has 132 valence electrons. The molecule has 1 aromatic heterocycles. The zero-order valence-electron chi connectivity index (χ0n) is 14.8.